The molecule has 2 aromatic carbocycles. The molecule has 2 heterocycles. The molecule has 0 radical (unpaired) electrons. The van der Waals surface area contributed by atoms with Gasteiger partial charge in [-0.3, -0.25) is 4.79 Å². The number of hydrogen-bond acceptors (Lipinski definition) is 3. The molecule has 0 saturated carbocycles. The van der Waals surface area contributed by atoms with E-state index >= 15 is 0 Å². The summed E-state index contributed by atoms with van der Waals surface area (Å²) in [7, 11) is 1.76. The summed E-state index contributed by atoms with van der Waals surface area (Å²) in [6, 6.07) is 15.0. The molecule has 0 unspecified atom stereocenters. The maximum Gasteiger partial charge on any atom is 0.294 e. The largest absolute Gasteiger partial charge is 0.489 e. The second kappa shape index (κ2) is 5.97. The van der Waals surface area contributed by atoms with Gasteiger partial charge in [0, 0.05) is 28.4 Å². The molecule has 0 spiro atoms. The molecule has 0 aliphatic carbocycles. The predicted molar refractivity (Wildman–Crippen MR) is 99.5 cm³/mol. The van der Waals surface area contributed by atoms with Crippen molar-refractivity contribution in [1.29, 1.82) is 0 Å². The number of furan rings is 1. The fourth-order valence-electron chi connectivity index (χ4n) is 3.11. The molecule has 0 fully saturated rings. The molecular formula is C20H16ClNO3. The average molecular weight is 354 g/mol. The summed E-state index contributed by atoms with van der Waals surface area (Å²) in [5, 5.41) is 2.46. The van der Waals surface area contributed by atoms with Crippen LogP contribution in [0.2, 0.25) is 5.02 Å². The van der Waals surface area contributed by atoms with Gasteiger partial charge >= 0.3 is 0 Å². The summed E-state index contributed by atoms with van der Waals surface area (Å²) >= 11 is 5.90. The van der Waals surface area contributed by atoms with E-state index in [9.17, 15) is 4.79 Å². The zero-order valence-corrected chi connectivity index (χ0v) is 14.6. The minimum Gasteiger partial charge on any atom is -0.489 e. The van der Waals surface area contributed by atoms with Crippen LogP contribution in [0.25, 0.3) is 21.9 Å². The zero-order valence-electron chi connectivity index (χ0n) is 13.9. The molecule has 0 N–H and O–H groups in total. The smallest absolute Gasteiger partial charge is 0.294 e. The van der Waals surface area contributed by atoms with Crippen molar-refractivity contribution < 1.29 is 9.15 Å². The van der Waals surface area contributed by atoms with Crippen molar-refractivity contribution in [3.8, 4) is 5.75 Å². The highest BCUT2D eigenvalue weighted by Crippen LogP contribution is 2.31. The van der Waals surface area contributed by atoms with Gasteiger partial charge in [0.25, 0.3) is 5.56 Å². The first kappa shape index (κ1) is 15.8. The molecule has 0 aliphatic rings. The van der Waals surface area contributed by atoms with Crippen LogP contribution in [0.3, 0.4) is 0 Å². The number of aromatic nitrogens is 1. The lowest BCUT2D eigenvalue weighted by atomic mass is 10.1. The molecule has 4 nitrogen and oxygen atoms in total. The normalized spacial score (nSPS) is 11.3. The maximum atomic E-state index is 12.6. The molecule has 0 saturated heterocycles. The molecule has 25 heavy (non-hydrogen) atoms. The third kappa shape index (κ3) is 2.59. The summed E-state index contributed by atoms with van der Waals surface area (Å²) in [5.74, 6) is 1.41. The van der Waals surface area contributed by atoms with E-state index in [1.807, 2.05) is 43.3 Å². The number of fused-ring (bicyclic) bond motifs is 3. The fourth-order valence-corrected chi connectivity index (χ4v) is 3.24. The molecule has 0 atom stereocenters. The summed E-state index contributed by atoms with van der Waals surface area (Å²) < 4.78 is 13.3. The molecule has 5 heteroatoms. The Balaban J connectivity index is 1.87. The van der Waals surface area contributed by atoms with Crippen LogP contribution in [0, 0.1) is 6.92 Å². The van der Waals surface area contributed by atoms with Crippen LogP contribution in [0.4, 0.5) is 0 Å². The van der Waals surface area contributed by atoms with Gasteiger partial charge in [0.05, 0.1) is 5.52 Å². The van der Waals surface area contributed by atoms with Gasteiger partial charge in [-0.05, 0) is 37.3 Å². The first-order valence-electron chi connectivity index (χ1n) is 7.94. The van der Waals surface area contributed by atoms with Crippen molar-refractivity contribution in [2.45, 2.75) is 13.5 Å². The molecule has 0 amide bonds. The van der Waals surface area contributed by atoms with E-state index in [0.29, 0.717) is 28.7 Å². The van der Waals surface area contributed by atoms with E-state index in [0.717, 1.165) is 21.9 Å². The maximum absolute atomic E-state index is 12.6. The summed E-state index contributed by atoms with van der Waals surface area (Å²) in [4.78, 5) is 12.6. The van der Waals surface area contributed by atoms with Gasteiger partial charge < -0.3 is 13.7 Å². The molecule has 2 aromatic heterocycles. The van der Waals surface area contributed by atoms with E-state index in [1.54, 1.807) is 23.7 Å². The third-order valence-electron chi connectivity index (χ3n) is 4.44. The number of halogens is 1. The number of nitrogens with zero attached hydrogens (tertiary/aromatic N) is 1. The van der Waals surface area contributed by atoms with Crippen LogP contribution < -0.4 is 10.3 Å². The van der Waals surface area contributed by atoms with Crippen molar-refractivity contribution in [2.24, 2.45) is 7.05 Å². The monoisotopic (exact) mass is 353 g/mol. The lowest BCUT2D eigenvalue weighted by molar-refractivity contribution is 0.304. The predicted octanol–water partition coefficient (Wildman–Crippen LogP) is 4.83. The van der Waals surface area contributed by atoms with Crippen molar-refractivity contribution in [1.82, 2.24) is 4.57 Å². The fraction of sp³-hybridized carbons (Fsp3) is 0.150. The Bertz CT molecular complexity index is 1140. The number of rotatable bonds is 3. The van der Waals surface area contributed by atoms with Gasteiger partial charge in [-0.1, -0.05) is 29.8 Å². The van der Waals surface area contributed by atoms with E-state index in [2.05, 4.69) is 0 Å². The van der Waals surface area contributed by atoms with Gasteiger partial charge in [0.2, 0.25) is 0 Å². The average Bonchev–Trinajstić information content (AvgIpc) is 2.96. The summed E-state index contributed by atoms with van der Waals surface area (Å²) in [6.07, 6.45) is 0. The highest BCUT2D eigenvalue weighted by molar-refractivity contribution is 6.30. The first-order chi connectivity index (χ1) is 12.1. The number of hydrogen-bond donors (Lipinski definition) is 0. The van der Waals surface area contributed by atoms with Gasteiger partial charge in [-0.25, -0.2) is 0 Å². The Morgan fingerprint density at radius 3 is 2.60 bits per heavy atom. The second-order valence-corrected chi connectivity index (χ2v) is 6.40. The van der Waals surface area contributed by atoms with E-state index in [-0.39, 0.29) is 5.56 Å². The molecule has 4 aromatic rings. The highest BCUT2D eigenvalue weighted by atomic mass is 35.5. The zero-order chi connectivity index (χ0) is 17.6. The Morgan fingerprint density at radius 1 is 1.12 bits per heavy atom. The van der Waals surface area contributed by atoms with Crippen LogP contribution in [-0.4, -0.2) is 4.57 Å². The molecule has 126 valence electrons. The van der Waals surface area contributed by atoms with Crippen LogP contribution in [0.1, 0.15) is 11.3 Å². The second-order valence-electron chi connectivity index (χ2n) is 5.96. The van der Waals surface area contributed by atoms with Gasteiger partial charge in [-0.15, -0.1) is 0 Å². The van der Waals surface area contributed by atoms with Crippen LogP contribution in [-0.2, 0) is 13.7 Å². The number of pyridine rings is 1. The van der Waals surface area contributed by atoms with Crippen LogP contribution in [0.15, 0.2) is 57.7 Å². The molecule has 0 aliphatic heterocycles. The Hall–Kier alpha value is -2.72. The van der Waals surface area contributed by atoms with E-state index in [4.69, 9.17) is 20.8 Å². The standard InChI is InChI=1S/C20H16ClNO3/c1-12-16(11-24-14-9-7-13(21)8-10-14)18-15-5-3-4-6-17(15)22(2)20(23)19(18)25-12/h3-10H,11H2,1-2H3. The number of para-hydroxylation sites is 1. The summed E-state index contributed by atoms with van der Waals surface area (Å²) in [5.41, 5.74) is 1.98. The molecule has 4 rings (SSSR count). The van der Waals surface area contributed by atoms with Crippen molar-refractivity contribution >= 4 is 33.5 Å². The van der Waals surface area contributed by atoms with Crippen molar-refractivity contribution in [3.63, 3.8) is 0 Å². The van der Waals surface area contributed by atoms with E-state index < -0.39 is 0 Å². The Labute approximate surface area is 149 Å². The minimum atomic E-state index is -0.144. The summed E-state index contributed by atoms with van der Waals surface area (Å²) in [6.45, 7) is 2.17. The Morgan fingerprint density at radius 2 is 1.84 bits per heavy atom. The van der Waals surface area contributed by atoms with Crippen LogP contribution >= 0.6 is 11.6 Å². The van der Waals surface area contributed by atoms with Gasteiger partial charge in [-0.2, -0.15) is 0 Å². The lowest BCUT2D eigenvalue weighted by Gasteiger charge is -2.08. The van der Waals surface area contributed by atoms with Gasteiger partial charge in [0.15, 0.2) is 5.58 Å². The number of benzene rings is 2. The quantitative estimate of drug-likeness (QED) is 0.530. The van der Waals surface area contributed by atoms with Gasteiger partial charge in [0.1, 0.15) is 18.1 Å². The molecule has 0 bridgehead atoms. The lowest BCUT2D eigenvalue weighted by Crippen LogP contribution is -2.16. The first-order valence-corrected chi connectivity index (χ1v) is 8.32. The van der Waals surface area contributed by atoms with E-state index in [1.165, 1.54) is 0 Å². The topological polar surface area (TPSA) is 44.4 Å². The third-order valence-corrected chi connectivity index (χ3v) is 4.69. The van der Waals surface area contributed by atoms with Crippen molar-refractivity contribution in [3.05, 3.63) is 75.2 Å². The Kier molecular flexibility index (Phi) is 3.77. The van der Waals surface area contributed by atoms with Crippen LogP contribution in [0.5, 0.6) is 5.75 Å². The molecular weight excluding hydrogens is 338 g/mol. The SMILES string of the molecule is Cc1oc2c(=O)n(C)c3ccccc3c2c1COc1ccc(Cl)cc1. The number of aryl methyl sites for hydroxylation is 2. The minimum absolute atomic E-state index is 0.144. The van der Waals surface area contributed by atoms with Crippen molar-refractivity contribution in [2.75, 3.05) is 0 Å². The number of ether oxygens (including phenoxy) is 1. The highest BCUT2D eigenvalue weighted by Gasteiger charge is 2.19.